The maximum Gasteiger partial charge on any atom is 0.0177 e. The van der Waals surface area contributed by atoms with E-state index in [1.165, 1.54) is 77.3 Å². The molecule has 4 unspecified atom stereocenters. The van der Waals surface area contributed by atoms with Crippen molar-refractivity contribution in [1.29, 1.82) is 0 Å². The fourth-order valence-electron chi connectivity index (χ4n) is 9.27. The minimum Gasteiger partial charge on any atom is -0.0671 e. The summed E-state index contributed by atoms with van der Waals surface area (Å²) < 4.78 is 0. The van der Waals surface area contributed by atoms with Crippen LogP contribution < -0.4 is 0 Å². The third kappa shape index (κ3) is 6.38. The van der Waals surface area contributed by atoms with Gasteiger partial charge in [-0.1, -0.05) is 60.8 Å². The summed E-state index contributed by atoms with van der Waals surface area (Å²) in [5.41, 5.74) is 23.9. The second-order valence-corrected chi connectivity index (χ2v) is 32.5. The van der Waals surface area contributed by atoms with Gasteiger partial charge in [0.15, 0.2) is 0 Å². The van der Waals surface area contributed by atoms with Gasteiger partial charge in [-0.3, -0.25) is 0 Å². The number of rotatable bonds is 4. The Morgan fingerprint density at radius 3 is 0.600 bits per heavy atom. The monoisotopic (exact) mass is 928 g/mol. The molecule has 0 N–H and O–H groups in total. The van der Waals surface area contributed by atoms with Crippen molar-refractivity contribution in [3.8, 4) is 42.4 Å². The molecule has 8 heteroatoms. The summed E-state index contributed by atoms with van der Waals surface area (Å²) in [5.74, 6) is 9.97. The van der Waals surface area contributed by atoms with Crippen molar-refractivity contribution in [1.82, 2.24) is 0 Å². The molecule has 0 saturated heterocycles. The highest BCUT2D eigenvalue weighted by Gasteiger charge is 2.31. The predicted molar refractivity (Wildman–Crippen MR) is 286 cm³/mol. The summed E-state index contributed by atoms with van der Waals surface area (Å²) in [6, 6.07) is 10.3. The second kappa shape index (κ2) is 15.8. The van der Waals surface area contributed by atoms with E-state index in [9.17, 15) is 0 Å². The largest absolute Gasteiger partial charge is 0.0671 e. The van der Waals surface area contributed by atoms with Crippen LogP contribution in [0.4, 0.5) is 0 Å². The molecule has 0 radical (unpaired) electrons. The van der Waals surface area contributed by atoms with Crippen molar-refractivity contribution in [2.45, 2.75) is 111 Å². The van der Waals surface area contributed by atoms with Crippen molar-refractivity contribution >= 4 is 81.3 Å². The van der Waals surface area contributed by atoms with Crippen LogP contribution in [0, 0.1) is 111 Å². The van der Waals surface area contributed by atoms with Gasteiger partial charge in [-0.2, -0.15) is 0 Å². The zero-order chi connectivity index (χ0) is 43.0. The van der Waals surface area contributed by atoms with Crippen molar-refractivity contribution in [3.63, 3.8) is 0 Å². The third-order valence-electron chi connectivity index (χ3n) is 14.1. The van der Waals surface area contributed by atoms with Crippen LogP contribution in [0.5, 0.6) is 0 Å². The van der Waals surface area contributed by atoms with E-state index in [0.29, 0.717) is 0 Å². The van der Waals surface area contributed by atoms with Crippen LogP contribution in [0.1, 0.15) is 89.0 Å². The molecule has 60 heavy (non-hydrogen) atoms. The van der Waals surface area contributed by atoms with Crippen molar-refractivity contribution < 1.29 is 0 Å². The first kappa shape index (κ1) is 43.0. The molecule has 0 nitrogen and oxygen atoms in total. The highest BCUT2D eigenvalue weighted by atomic mass is 31.9. The summed E-state index contributed by atoms with van der Waals surface area (Å²) in [5, 5.41) is 20.0. The molecule has 9 heterocycles. The lowest BCUT2D eigenvalue weighted by atomic mass is 10.1. The van der Waals surface area contributed by atoms with Crippen LogP contribution >= 0.6 is 60.8 Å². The van der Waals surface area contributed by atoms with Gasteiger partial charge in [0.1, 0.15) is 0 Å². The van der Waals surface area contributed by atoms with E-state index in [4.69, 9.17) is 0 Å². The Kier molecular flexibility index (Phi) is 11.3. The van der Waals surface area contributed by atoms with Crippen molar-refractivity contribution in [2.75, 3.05) is 0 Å². The van der Waals surface area contributed by atoms with Crippen LogP contribution in [-0.4, -0.2) is 0 Å². The highest BCUT2D eigenvalue weighted by molar-refractivity contribution is 8.16. The lowest BCUT2D eigenvalue weighted by molar-refractivity contribution is 1.37. The van der Waals surface area contributed by atoms with Crippen LogP contribution in [-0.2, 0) is 0 Å². The molecular weight excluding hydrogens is 872 g/mol. The van der Waals surface area contributed by atoms with Crippen LogP contribution in [0.25, 0.3) is 62.8 Å². The van der Waals surface area contributed by atoms with Gasteiger partial charge in [-0.05, 0) is 247 Å². The molecule has 9 rings (SSSR count). The minimum absolute atomic E-state index is 0.738. The Labute approximate surface area is 368 Å². The molecule has 0 aliphatic rings. The Bertz CT molecular complexity index is 2930. The minimum atomic E-state index is -0.738. The lowest BCUT2D eigenvalue weighted by Crippen LogP contribution is -1.81. The molecule has 304 valence electrons. The van der Waals surface area contributed by atoms with E-state index in [1.807, 2.05) is 0 Å². The Morgan fingerprint density at radius 1 is 0.250 bits per heavy atom. The second-order valence-electron chi connectivity index (χ2n) is 17.7. The number of fused-ring (bicyclic) bond motifs is 8. The molecule has 0 aliphatic carbocycles. The van der Waals surface area contributed by atoms with Gasteiger partial charge < -0.3 is 0 Å². The quantitative estimate of drug-likeness (QED) is 0.165. The van der Waals surface area contributed by atoms with Crippen LogP contribution in [0.2, 0.25) is 0 Å². The van der Waals surface area contributed by atoms with E-state index in [-0.39, 0.29) is 0 Å². The molecule has 0 spiro atoms. The molecule has 0 aliphatic heterocycles. The summed E-state index contributed by atoms with van der Waals surface area (Å²) in [6.07, 6.45) is 0. The van der Waals surface area contributed by atoms with Crippen LogP contribution in [0.15, 0.2) is 47.5 Å². The van der Waals surface area contributed by atoms with Crippen molar-refractivity contribution in [3.05, 3.63) is 136 Å². The first-order chi connectivity index (χ1) is 28.4. The summed E-state index contributed by atoms with van der Waals surface area (Å²) in [4.78, 5) is 0. The first-order valence-electron chi connectivity index (χ1n) is 21.1. The topological polar surface area (TPSA) is 0 Å². The van der Waals surface area contributed by atoms with E-state index in [2.05, 4.69) is 158 Å². The summed E-state index contributed by atoms with van der Waals surface area (Å²) in [7, 11) is 2.45. The zero-order valence-electron chi connectivity index (χ0n) is 38.2. The smallest absolute Gasteiger partial charge is 0.0177 e. The number of hydrogen-bond acceptors (Lipinski definition) is 0. The number of aryl methyl sites for hydroxylation is 12. The van der Waals surface area contributed by atoms with E-state index in [0.717, 1.165) is 0 Å². The lowest BCUT2D eigenvalue weighted by Gasteiger charge is -2.13. The number of hydrogen-bond donors (Lipinski definition) is 0. The standard InChI is InChI=1S/C52H56P8/c1-25-17-41(53-21-29(25)5)45-33(9)37(13)49-50-38(14)35(11)47(43-19-27(3)31(7)23-55-43)59(50)60-48(44-20-28(4)32(8)24-56-44)36(12)40(16)52(60)51-39(15)34(10)46(58(51)57(45)49)42-18-26(2)30(6)22-54-42/h17-24H,1-16H3. The molecule has 0 fully saturated rings. The van der Waals surface area contributed by atoms with Gasteiger partial charge in [0.25, 0.3) is 0 Å². The van der Waals surface area contributed by atoms with Crippen LogP contribution in [0.3, 0.4) is 0 Å². The average Bonchev–Trinajstić information content (AvgIpc) is 3.80. The Morgan fingerprint density at radius 2 is 0.433 bits per heavy atom. The summed E-state index contributed by atoms with van der Waals surface area (Å²) in [6.45, 7) is 38.7. The molecule has 0 amide bonds. The molecule has 9 aromatic heterocycles. The van der Waals surface area contributed by atoms with E-state index in [1.54, 1.807) is 107 Å². The van der Waals surface area contributed by atoms with Gasteiger partial charge in [-0.25, -0.2) is 0 Å². The van der Waals surface area contributed by atoms with Gasteiger partial charge in [0.2, 0.25) is 0 Å². The fraction of sp³-hybridized carbons (Fsp3) is 0.308. The van der Waals surface area contributed by atoms with E-state index < -0.39 is 28.1 Å². The SMILES string of the molecule is Cc1cpc(-c2c(C)c(C)c3c4c(C)c(C)c(-c5cc(C)c(C)cp5)p4p4c(-c5cc(C)c(C)cp5)c(C)c(C)c4c4c(C)c(C)c(-c5cc(C)c(C)cp5)p4p23)cc1C. The molecule has 4 atom stereocenters. The normalized spacial score (nSPS) is 13.7. The molecule has 0 saturated carbocycles. The maximum absolute atomic E-state index is 2.58. The predicted octanol–water partition coefficient (Wildman–Crippen LogP) is 21.9. The average molecular weight is 929 g/mol. The Balaban J connectivity index is 1.72. The van der Waals surface area contributed by atoms with Gasteiger partial charge in [-0.15, -0.1) is 0 Å². The fourth-order valence-corrected chi connectivity index (χ4v) is 38.5. The van der Waals surface area contributed by atoms with Gasteiger partial charge in [0.05, 0.1) is 0 Å². The molecular formula is C52H56P8. The molecule has 0 aromatic carbocycles. The van der Waals surface area contributed by atoms with Crippen molar-refractivity contribution in [2.24, 2.45) is 0 Å². The molecule has 0 bridgehead atoms. The highest BCUT2D eigenvalue weighted by Crippen LogP contribution is 2.76. The molecule has 9 aromatic rings. The van der Waals surface area contributed by atoms with Gasteiger partial charge in [0, 0.05) is 62.8 Å². The Hall–Kier alpha value is -2.28. The van der Waals surface area contributed by atoms with Gasteiger partial charge >= 0.3 is 0 Å². The maximum atomic E-state index is 2.58. The summed E-state index contributed by atoms with van der Waals surface area (Å²) >= 11 is 0. The third-order valence-corrected chi connectivity index (χ3v) is 35.7. The van der Waals surface area contributed by atoms with E-state index >= 15 is 0 Å². The first-order valence-corrected chi connectivity index (χ1v) is 31.7. The zero-order valence-corrected chi connectivity index (χ0v) is 45.4.